The fourth-order valence-electron chi connectivity index (χ4n) is 1.60. The fraction of sp³-hybridized carbons (Fsp3) is 0.154. The molecular weight excluding hydrogens is 302 g/mol. The highest BCUT2D eigenvalue weighted by molar-refractivity contribution is 9.10. The number of hydrogen-bond acceptors (Lipinski definition) is 2. The normalized spacial score (nSPS) is 10.4. The third kappa shape index (κ3) is 3.77. The van der Waals surface area contributed by atoms with Gasteiger partial charge in [-0.25, -0.2) is 13.8 Å². The number of aromatic nitrogens is 1. The zero-order valence-corrected chi connectivity index (χ0v) is 11.0. The second-order valence-corrected chi connectivity index (χ2v) is 4.61. The van der Waals surface area contributed by atoms with Crippen LogP contribution in [0.2, 0.25) is 0 Å². The largest absolute Gasteiger partial charge is 0.370 e. The standard InChI is InChI=1S/C13H11BrF2N2/c14-12-2-1-3-13(18-12)17-5-4-9-6-10(15)8-11(16)7-9/h1-3,6-8H,4-5H2,(H,17,18). The van der Waals surface area contributed by atoms with E-state index in [-0.39, 0.29) is 0 Å². The Balaban J connectivity index is 1.92. The summed E-state index contributed by atoms with van der Waals surface area (Å²) in [7, 11) is 0. The molecule has 1 aromatic carbocycles. The molecule has 0 aliphatic heterocycles. The number of benzene rings is 1. The van der Waals surface area contributed by atoms with Gasteiger partial charge in [0.05, 0.1) is 0 Å². The van der Waals surface area contributed by atoms with Crippen molar-refractivity contribution in [3.63, 3.8) is 0 Å². The van der Waals surface area contributed by atoms with Gasteiger partial charge < -0.3 is 5.32 Å². The highest BCUT2D eigenvalue weighted by atomic mass is 79.9. The van der Waals surface area contributed by atoms with E-state index in [0.717, 1.165) is 16.5 Å². The Morgan fingerprint density at radius 2 is 1.83 bits per heavy atom. The summed E-state index contributed by atoms with van der Waals surface area (Å²) in [5, 5.41) is 3.09. The lowest BCUT2D eigenvalue weighted by Gasteiger charge is -2.06. The first-order valence-corrected chi connectivity index (χ1v) is 6.24. The molecule has 0 aliphatic carbocycles. The van der Waals surface area contributed by atoms with Crippen molar-refractivity contribution in [3.05, 3.63) is 58.2 Å². The number of hydrogen-bond donors (Lipinski definition) is 1. The van der Waals surface area contributed by atoms with E-state index in [9.17, 15) is 8.78 Å². The van der Waals surface area contributed by atoms with Crippen LogP contribution < -0.4 is 5.32 Å². The number of nitrogens with one attached hydrogen (secondary N) is 1. The van der Waals surface area contributed by atoms with E-state index in [1.807, 2.05) is 18.2 Å². The molecule has 2 nitrogen and oxygen atoms in total. The van der Waals surface area contributed by atoms with Gasteiger partial charge in [-0.15, -0.1) is 0 Å². The van der Waals surface area contributed by atoms with Gasteiger partial charge in [-0.2, -0.15) is 0 Å². The molecule has 0 amide bonds. The van der Waals surface area contributed by atoms with Crippen molar-refractivity contribution in [1.82, 2.24) is 4.98 Å². The molecular formula is C13H11BrF2N2. The molecule has 0 atom stereocenters. The van der Waals surface area contributed by atoms with Crippen molar-refractivity contribution >= 4 is 21.7 Å². The average molecular weight is 313 g/mol. The molecule has 2 aromatic rings. The Morgan fingerprint density at radius 3 is 2.50 bits per heavy atom. The van der Waals surface area contributed by atoms with Crippen molar-refractivity contribution in [2.75, 3.05) is 11.9 Å². The minimum atomic E-state index is -0.550. The van der Waals surface area contributed by atoms with Crippen LogP contribution in [0.3, 0.4) is 0 Å². The molecule has 0 unspecified atom stereocenters. The third-order valence-corrected chi connectivity index (χ3v) is 2.80. The fourth-order valence-corrected chi connectivity index (χ4v) is 1.94. The minimum absolute atomic E-state index is 0.531. The van der Waals surface area contributed by atoms with Gasteiger partial charge in [-0.05, 0) is 52.2 Å². The van der Waals surface area contributed by atoms with E-state index in [1.54, 1.807) is 0 Å². The van der Waals surface area contributed by atoms with Crippen LogP contribution in [0.15, 0.2) is 41.0 Å². The molecule has 0 saturated carbocycles. The third-order valence-electron chi connectivity index (χ3n) is 2.36. The molecule has 0 aliphatic rings. The Kier molecular flexibility index (Phi) is 4.25. The molecule has 2 rings (SSSR count). The van der Waals surface area contributed by atoms with Crippen LogP contribution in [-0.2, 0) is 6.42 Å². The Morgan fingerprint density at radius 1 is 1.11 bits per heavy atom. The Hall–Kier alpha value is -1.49. The first-order valence-electron chi connectivity index (χ1n) is 5.45. The van der Waals surface area contributed by atoms with Crippen LogP contribution >= 0.6 is 15.9 Å². The van der Waals surface area contributed by atoms with Gasteiger partial charge in [0.2, 0.25) is 0 Å². The summed E-state index contributed by atoms with van der Waals surface area (Å²) in [5.74, 6) is -0.377. The van der Waals surface area contributed by atoms with Gasteiger partial charge in [0.1, 0.15) is 22.1 Å². The summed E-state index contributed by atoms with van der Waals surface area (Å²) in [6.07, 6.45) is 0.531. The number of pyridine rings is 1. The second kappa shape index (κ2) is 5.91. The molecule has 1 heterocycles. The van der Waals surface area contributed by atoms with Gasteiger partial charge in [0, 0.05) is 12.6 Å². The van der Waals surface area contributed by atoms with Crippen molar-refractivity contribution in [2.45, 2.75) is 6.42 Å². The Labute approximate surface area is 112 Å². The number of anilines is 1. The van der Waals surface area contributed by atoms with E-state index in [4.69, 9.17) is 0 Å². The van der Waals surface area contributed by atoms with E-state index in [2.05, 4.69) is 26.2 Å². The predicted octanol–water partition coefficient (Wildman–Crippen LogP) is 3.78. The van der Waals surface area contributed by atoms with Crippen LogP contribution in [0.5, 0.6) is 0 Å². The van der Waals surface area contributed by atoms with Gasteiger partial charge in [-0.3, -0.25) is 0 Å². The summed E-state index contributed by atoms with van der Waals surface area (Å²) >= 11 is 3.27. The summed E-state index contributed by atoms with van der Waals surface area (Å²) in [6, 6.07) is 9.05. The Bertz CT molecular complexity index is 526. The van der Waals surface area contributed by atoms with E-state index in [0.29, 0.717) is 18.5 Å². The lowest BCUT2D eigenvalue weighted by atomic mass is 10.1. The average Bonchev–Trinajstić information content (AvgIpc) is 2.27. The maximum Gasteiger partial charge on any atom is 0.127 e. The van der Waals surface area contributed by atoms with Crippen LogP contribution in [0, 0.1) is 11.6 Å². The predicted molar refractivity (Wildman–Crippen MR) is 70.5 cm³/mol. The highest BCUT2D eigenvalue weighted by Crippen LogP contribution is 2.11. The van der Waals surface area contributed by atoms with Crippen molar-refractivity contribution in [1.29, 1.82) is 0 Å². The summed E-state index contributed by atoms with van der Waals surface area (Å²) in [6.45, 7) is 0.562. The van der Waals surface area contributed by atoms with Crippen molar-refractivity contribution in [3.8, 4) is 0 Å². The quantitative estimate of drug-likeness (QED) is 0.869. The monoisotopic (exact) mass is 312 g/mol. The van der Waals surface area contributed by atoms with Gasteiger partial charge in [0.25, 0.3) is 0 Å². The summed E-state index contributed by atoms with van der Waals surface area (Å²) in [5.41, 5.74) is 0.620. The first-order chi connectivity index (χ1) is 8.63. The molecule has 0 fully saturated rings. The van der Waals surface area contributed by atoms with Crippen LogP contribution in [0.1, 0.15) is 5.56 Å². The minimum Gasteiger partial charge on any atom is -0.370 e. The zero-order chi connectivity index (χ0) is 13.0. The molecule has 0 saturated heterocycles. The van der Waals surface area contributed by atoms with Crippen LogP contribution in [-0.4, -0.2) is 11.5 Å². The maximum atomic E-state index is 13.0. The van der Waals surface area contributed by atoms with E-state index in [1.165, 1.54) is 12.1 Å². The number of nitrogens with zero attached hydrogens (tertiary/aromatic N) is 1. The molecule has 18 heavy (non-hydrogen) atoms. The van der Waals surface area contributed by atoms with Gasteiger partial charge in [0.15, 0.2) is 0 Å². The number of halogens is 3. The van der Waals surface area contributed by atoms with E-state index >= 15 is 0 Å². The molecule has 0 spiro atoms. The molecule has 0 bridgehead atoms. The second-order valence-electron chi connectivity index (χ2n) is 3.80. The highest BCUT2D eigenvalue weighted by Gasteiger charge is 2.01. The van der Waals surface area contributed by atoms with Crippen molar-refractivity contribution < 1.29 is 8.78 Å². The topological polar surface area (TPSA) is 24.9 Å². The van der Waals surface area contributed by atoms with E-state index < -0.39 is 11.6 Å². The summed E-state index contributed by atoms with van der Waals surface area (Å²) < 4.78 is 26.6. The lowest BCUT2D eigenvalue weighted by molar-refractivity contribution is 0.580. The van der Waals surface area contributed by atoms with Crippen molar-refractivity contribution in [2.24, 2.45) is 0 Å². The SMILES string of the molecule is Fc1cc(F)cc(CCNc2cccc(Br)n2)c1. The summed E-state index contributed by atoms with van der Waals surface area (Å²) in [4.78, 5) is 4.20. The first kappa shape index (κ1) is 13.0. The molecule has 94 valence electrons. The van der Waals surface area contributed by atoms with Gasteiger partial charge in [-0.1, -0.05) is 6.07 Å². The molecule has 5 heteroatoms. The number of rotatable bonds is 4. The molecule has 1 N–H and O–H groups in total. The smallest absolute Gasteiger partial charge is 0.127 e. The van der Waals surface area contributed by atoms with Crippen LogP contribution in [0.4, 0.5) is 14.6 Å². The van der Waals surface area contributed by atoms with Crippen LogP contribution in [0.25, 0.3) is 0 Å². The van der Waals surface area contributed by atoms with Gasteiger partial charge >= 0.3 is 0 Å². The lowest BCUT2D eigenvalue weighted by Crippen LogP contribution is -2.06. The maximum absolute atomic E-state index is 13.0. The molecule has 0 radical (unpaired) electrons. The molecule has 1 aromatic heterocycles. The zero-order valence-electron chi connectivity index (χ0n) is 9.46.